The smallest absolute Gasteiger partial charge is 0.239 e. The number of hydrogen-bond acceptors (Lipinski definition) is 2. The van der Waals surface area contributed by atoms with Gasteiger partial charge in [-0.05, 0) is 47.6 Å². The van der Waals surface area contributed by atoms with Gasteiger partial charge in [-0.1, -0.05) is 25.0 Å². The van der Waals surface area contributed by atoms with Crippen molar-refractivity contribution >= 4 is 34.2 Å². The first-order chi connectivity index (χ1) is 8.25. The molecule has 0 bridgehead atoms. The summed E-state index contributed by atoms with van der Waals surface area (Å²) in [5.74, 6) is 0.0940. The molecule has 1 aliphatic rings. The van der Waals surface area contributed by atoms with Crippen LogP contribution in [0.15, 0.2) is 24.3 Å². The van der Waals surface area contributed by atoms with Crippen LogP contribution in [-0.2, 0) is 4.79 Å². The van der Waals surface area contributed by atoms with Gasteiger partial charge in [-0.15, -0.1) is 0 Å². The molecular formula is C13H17IN2O. The van der Waals surface area contributed by atoms with Gasteiger partial charge in [0.1, 0.15) is 0 Å². The fourth-order valence-corrected chi connectivity index (χ4v) is 2.71. The average Bonchev–Trinajstić information content (AvgIpc) is 2.81. The first kappa shape index (κ1) is 12.7. The lowest BCUT2D eigenvalue weighted by Crippen LogP contribution is -2.36. The third-order valence-electron chi connectivity index (χ3n) is 3.03. The minimum absolute atomic E-state index is 0.0940. The normalized spacial score (nSPS) is 15.8. The van der Waals surface area contributed by atoms with E-state index in [1.165, 1.54) is 12.8 Å². The fraction of sp³-hybridized carbons (Fsp3) is 0.462. The molecule has 17 heavy (non-hydrogen) atoms. The van der Waals surface area contributed by atoms with Crippen LogP contribution in [0.2, 0.25) is 0 Å². The number of halogens is 1. The Morgan fingerprint density at radius 3 is 2.71 bits per heavy atom. The van der Waals surface area contributed by atoms with Crippen molar-refractivity contribution in [3.8, 4) is 0 Å². The third kappa shape index (κ3) is 3.87. The Kier molecular flexibility index (Phi) is 4.65. The second-order valence-corrected chi connectivity index (χ2v) is 5.54. The van der Waals surface area contributed by atoms with E-state index >= 15 is 0 Å². The number of para-hydroxylation sites is 1. The van der Waals surface area contributed by atoms with Crippen molar-refractivity contribution in [3.63, 3.8) is 0 Å². The van der Waals surface area contributed by atoms with Crippen LogP contribution in [0.5, 0.6) is 0 Å². The largest absolute Gasteiger partial charge is 0.375 e. The summed E-state index contributed by atoms with van der Waals surface area (Å²) >= 11 is 2.26. The molecule has 2 N–H and O–H groups in total. The summed E-state index contributed by atoms with van der Waals surface area (Å²) in [5.41, 5.74) is 1.02. The average molecular weight is 344 g/mol. The van der Waals surface area contributed by atoms with Gasteiger partial charge in [0.05, 0.1) is 6.54 Å². The van der Waals surface area contributed by atoms with Crippen LogP contribution in [0.4, 0.5) is 5.69 Å². The lowest BCUT2D eigenvalue weighted by Gasteiger charge is -2.13. The van der Waals surface area contributed by atoms with E-state index in [1.807, 2.05) is 24.3 Å². The summed E-state index contributed by atoms with van der Waals surface area (Å²) in [5, 5.41) is 6.23. The number of anilines is 1. The first-order valence-electron chi connectivity index (χ1n) is 6.03. The summed E-state index contributed by atoms with van der Waals surface area (Å²) in [4.78, 5) is 11.7. The maximum Gasteiger partial charge on any atom is 0.239 e. The SMILES string of the molecule is O=C(CNc1ccccc1I)NC1CCCC1. The van der Waals surface area contributed by atoms with E-state index in [9.17, 15) is 4.79 Å². The molecule has 2 rings (SSSR count). The number of carbonyl (C=O) groups is 1. The summed E-state index contributed by atoms with van der Waals surface area (Å²) in [6, 6.07) is 8.38. The predicted octanol–water partition coefficient (Wildman–Crippen LogP) is 2.76. The molecule has 0 aliphatic heterocycles. The highest BCUT2D eigenvalue weighted by atomic mass is 127. The summed E-state index contributed by atoms with van der Waals surface area (Å²) in [7, 11) is 0. The van der Waals surface area contributed by atoms with Crippen molar-refractivity contribution in [3.05, 3.63) is 27.8 Å². The van der Waals surface area contributed by atoms with E-state index in [0.717, 1.165) is 22.1 Å². The van der Waals surface area contributed by atoms with Crippen LogP contribution in [0.25, 0.3) is 0 Å². The van der Waals surface area contributed by atoms with Gasteiger partial charge in [0.2, 0.25) is 5.91 Å². The minimum Gasteiger partial charge on any atom is -0.375 e. The first-order valence-corrected chi connectivity index (χ1v) is 7.11. The Hall–Kier alpha value is -0.780. The predicted molar refractivity (Wildman–Crippen MR) is 78.0 cm³/mol. The molecule has 0 unspecified atom stereocenters. The van der Waals surface area contributed by atoms with Gasteiger partial charge in [0.25, 0.3) is 0 Å². The summed E-state index contributed by atoms with van der Waals surface area (Å²) < 4.78 is 1.14. The van der Waals surface area contributed by atoms with E-state index in [0.29, 0.717) is 12.6 Å². The summed E-state index contributed by atoms with van der Waals surface area (Å²) in [6.07, 6.45) is 4.76. The Bertz CT molecular complexity index is 389. The van der Waals surface area contributed by atoms with Gasteiger partial charge in [-0.3, -0.25) is 4.79 Å². The monoisotopic (exact) mass is 344 g/mol. The van der Waals surface area contributed by atoms with Crippen molar-refractivity contribution in [2.24, 2.45) is 0 Å². The molecule has 0 saturated heterocycles. The van der Waals surface area contributed by atoms with E-state index in [2.05, 4.69) is 33.2 Å². The maximum absolute atomic E-state index is 11.7. The molecule has 4 heteroatoms. The molecule has 1 aliphatic carbocycles. The molecule has 1 fully saturated rings. The van der Waals surface area contributed by atoms with E-state index in [1.54, 1.807) is 0 Å². The fourth-order valence-electron chi connectivity index (χ4n) is 2.13. The van der Waals surface area contributed by atoms with Crippen LogP contribution in [0, 0.1) is 3.57 Å². The second-order valence-electron chi connectivity index (χ2n) is 4.38. The maximum atomic E-state index is 11.7. The van der Waals surface area contributed by atoms with Crippen molar-refractivity contribution in [2.75, 3.05) is 11.9 Å². The van der Waals surface area contributed by atoms with Gasteiger partial charge in [0.15, 0.2) is 0 Å². The lowest BCUT2D eigenvalue weighted by molar-refractivity contribution is -0.120. The molecular weight excluding hydrogens is 327 g/mol. The minimum atomic E-state index is 0.0940. The van der Waals surface area contributed by atoms with Crippen LogP contribution < -0.4 is 10.6 Å². The number of benzene rings is 1. The number of nitrogens with one attached hydrogen (secondary N) is 2. The molecule has 0 heterocycles. The molecule has 0 aromatic heterocycles. The molecule has 0 atom stereocenters. The van der Waals surface area contributed by atoms with Crippen molar-refractivity contribution < 1.29 is 4.79 Å². The van der Waals surface area contributed by atoms with Gasteiger partial charge in [-0.25, -0.2) is 0 Å². The van der Waals surface area contributed by atoms with Crippen LogP contribution >= 0.6 is 22.6 Å². The van der Waals surface area contributed by atoms with Crippen molar-refractivity contribution in [1.29, 1.82) is 0 Å². The number of hydrogen-bond donors (Lipinski definition) is 2. The highest BCUT2D eigenvalue weighted by Gasteiger charge is 2.16. The zero-order chi connectivity index (χ0) is 12.1. The molecule has 1 saturated carbocycles. The Morgan fingerprint density at radius 1 is 1.29 bits per heavy atom. The zero-order valence-electron chi connectivity index (χ0n) is 9.71. The van der Waals surface area contributed by atoms with Crippen LogP contribution in [0.3, 0.4) is 0 Å². The molecule has 92 valence electrons. The summed E-state index contributed by atoms with van der Waals surface area (Å²) in [6.45, 7) is 0.358. The third-order valence-corrected chi connectivity index (χ3v) is 3.97. The zero-order valence-corrected chi connectivity index (χ0v) is 11.9. The van der Waals surface area contributed by atoms with Crippen LogP contribution in [0.1, 0.15) is 25.7 Å². The Balaban J connectivity index is 1.77. The van der Waals surface area contributed by atoms with E-state index < -0.39 is 0 Å². The topological polar surface area (TPSA) is 41.1 Å². The van der Waals surface area contributed by atoms with E-state index in [-0.39, 0.29) is 5.91 Å². The molecule has 0 spiro atoms. The molecule has 1 aromatic carbocycles. The van der Waals surface area contributed by atoms with E-state index in [4.69, 9.17) is 0 Å². The van der Waals surface area contributed by atoms with Gasteiger partial charge < -0.3 is 10.6 Å². The van der Waals surface area contributed by atoms with Crippen molar-refractivity contribution in [2.45, 2.75) is 31.7 Å². The highest BCUT2D eigenvalue weighted by molar-refractivity contribution is 14.1. The number of carbonyl (C=O) groups excluding carboxylic acids is 1. The Labute approximate surface area is 116 Å². The number of rotatable bonds is 4. The Morgan fingerprint density at radius 2 is 2.00 bits per heavy atom. The lowest BCUT2D eigenvalue weighted by atomic mass is 10.2. The molecule has 3 nitrogen and oxygen atoms in total. The number of amides is 1. The van der Waals surface area contributed by atoms with Gasteiger partial charge in [-0.2, -0.15) is 0 Å². The quantitative estimate of drug-likeness (QED) is 0.825. The molecule has 1 aromatic rings. The second kappa shape index (κ2) is 6.23. The molecule has 0 radical (unpaired) electrons. The van der Waals surface area contributed by atoms with Gasteiger partial charge >= 0.3 is 0 Å². The standard InChI is InChI=1S/C13H17IN2O/c14-11-7-3-4-8-12(11)15-9-13(17)16-10-5-1-2-6-10/h3-4,7-8,10,15H,1-2,5-6,9H2,(H,16,17). The highest BCUT2D eigenvalue weighted by Crippen LogP contribution is 2.18. The molecule has 1 amide bonds. The van der Waals surface area contributed by atoms with Gasteiger partial charge in [0, 0.05) is 15.3 Å². The van der Waals surface area contributed by atoms with Crippen LogP contribution in [-0.4, -0.2) is 18.5 Å². The van der Waals surface area contributed by atoms with Crippen molar-refractivity contribution in [1.82, 2.24) is 5.32 Å².